The molecule has 2 N–H and O–H groups in total. The summed E-state index contributed by atoms with van der Waals surface area (Å²) in [6.07, 6.45) is 1.63. The molecule has 1 amide bonds. The van der Waals surface area contributed by atoms with Gasteiger partial charge in [0.15, 0.2) is 0 Å². The van der Waals surface area contributed by atoms with Gasteiger partial charge in [-0.25, -0.2) is 0 Å². The van der Waals surface area contributed by atoms with Crippen molar-refractivity contribution < 1.29 is 13.9 Å². The van der Waals surface area contributed by atoms with Gasteiger partial charge >= 0.3 is 0 Å². The number of furan rings is 1. The van der Waals surface area contributed by atoms with Crippen LogP contribution in [0.1, 0.15) is 17.4 Å². The standard InChI is InChI=1S/C20H20N2O3/c1-24-17-10-5-9-16(13-17)22-19(23)14-21-20(18-11-6-12-25-18)15-7-3-2-4-8-15/h2-13,20-21H,14H2,1H3,(H,22,23)/t20-/m0/s1. The molecule has 0 unspecified atom stereocenters. The molecule has 1 aromatic heterocycles. The van der Waals surface area contributed by atoms with Gasteiger partial charge in [-0.15, -0.1) is 0 Å². The Labute approximate surface area is 146 Å². The van der Waals surface area contributed by atoms with Crippen molar-refractivity contribution in [3.05, 3.63) is 84.3 Å². The number of carbonyl (C=O) groups is 1. The van der Waals surface area contributed by atoms with Crippen LogP contribution >= 0.6 is 0 Å². The number of amides is 1. The maximum absolute atomic E-state index is 12.3. The van der Waals surface area contributed by atoms with Crippen molar-refractivity contribution >= 4 is 11.6 Å². The number of methoxy groups -OCH3 is 1. The Kier molecular flexibility index (Phi) is 5.49. The van der Waals surface area contributed by atoms with E-state index in [0.717, 1.165) is 11.3 Å². The average Bonchev–Trinajstić information content (AvgIpc) is 3.17. The molecule has 3 rings (SSSR count). The third-order valence-electron chi connectivity index (χ3n) is 3.78. The van der Waals surface area contributed by atoms with Crippen LogP contribution in [-0.4, -0.2) is 19.6 Å². The van der Waals surface area contributed by atoms with E-state index >= 15 is 0 Å². The van der Waals surface area contributed by atoms with Crippen molar-refractivity contribution in [1.29, 1.82) is 0 Å². The number of anilines is 1. The summed E-state index contributed by atoms with van der Waals surface area (Å²) < 4.78 is 10.7. The minimum Gasteiger partial charge on any atom is -0.497 e. The molecule has 0 saturated carbocycles. The molecule has 0 aliphatic carbocycles. The molecule has 0 saturated heterocycles. The molecule has 0 spiro atoms. The summed E-state index contributed by atoms with van der Waals surface area (Å²) in [6.45, 7) is 0.150. The fourth-order valence-electron chi connectivity index (χ4n) is 2.58. The quantitative estimate of drug-likeness (QED) is 0.692. The lowest BCUT2D eigenvalue weighted by atomic mass is 10.0. The van der Waals surface area contributed by atoms with Gasteiger partial charge in [0, 0.05) is 11.8 Å². The number of benzene rings is 2. The summed E-state index contributed by atoms with van der Waals surface area (Å²) in [5.41, 5.74) is 1.73. The number of rotatable bonds is 7. The fourth-order valence-corrected chi connectivity index (χ4v) is 2.58. The highest BCUT2D eigenvalue weighted by Crippen LogP contribution is 2.22. The first-order valence-electron chi connectivity index (χ1n) is 8.02. The van der Waals surface area contributed by atoms with Crippen molar-refractivity contribution in [3.8, 4) is 5.75 Å². The molecule has 25 heavy (non-hydrogen) atoms. The Morgan fingerprint density at radius 1 is 1.08 bits per heavy atom. The Morgan fingerprint density at radius 2 is 1.92 bits per heavy atom. The van der Waals surface area contributed by atoms with Crippen LogP contribution in [0.15, 0.2) is 77.4 Å². The summed E-state index contributed by atoms with van der Waals surface area (Å²) in [5, 5.41) is 6.11. The molecule has 0 bridgehead atoms. The van der Waals surface area contributed by atoms with Crippen LogP contribution < -0.4 is 15.4 Å². The lowest BCUT2D eigenvalue weighted by Gasteiger charge is -2.17. The highest BCUT2D eigenvalue weighted by atomic mass is 16.5. The van der Waals surface area contributed by atoms with Crippen molar-refractivity contribution in [3.63, 3.8) is 0 Å². The van der Waals surface area contributed by atoms with E-state index in [-0.39, 0.29) is 18.5 Å². The van der Waals surface area contributed by atoms with Gasteiger partial charge in [-0.05, 0) is 29.8 Å². The first-order valence-corrected chi connectivity index (χ1v) is 8.02. The van der Waals surface area contributed by atoms with E-state index in [2.05, 4.69) is 10.6 Å². The Hall–Kier alpha value is -3.05. The number of hydrogen-bond donors (Lipinski definition) is 2. The summed E-state index contributed by atoms with van der Waals surface area (Å²) in [6, 6.07) is 20.7. The van der Waals surface area contributed by atoms with E-state index < -0.39 is 0 Å². The number of nitrogens with one attached hydrogen (secondary N) is 2. The first kappa shape index (κ1) is 16.8. The van der Waals surface area contributed by atoms with E-state index in [4.69, 9.17) is 9.15 Å². The number of ether oxygens (including phenoxy) is 1. The third kappa shape index (κ3) is 4.49. The normalized spacial score (nSPS) is 11.7. The van der Waals surface area contributed by atoms with Gasteiger partial charge in [-0.1, -0.05) is 36.4 Å². The largest absolute Gasteiger partial charge is 0.497 e. The minimum atomic E-state index is -0.188. The molecule has 0 radical (unpaired) electrons. The van der Waals surface area contributed by atoms with Crippen LogP contribution in [0, 0.1) is 0 Å². The summed E-state index contributed by atoms with van der Waals surface area (Å²) in [4.78, 5) is 12.3. The van der Waals surface area contributed by atoms with Crippen LogP contribution in [0.25, 0.3) is 0 Å². The zero-order valence-corrected chi connectivity index (χ0v) is 13.9. The molecule has 1 heterocycles. The van der Waals surface area contributed by atoms with Crippen LogP contribution in [-0.2, 0) is 4.79 Å². The molecule has 128 valence electrons. The van der Waals surface area contributed by atoms with E-state index in [9.17, 15) is 4.79 Å². The Morgan fingerprint density at radius 3 is 2.64 bits per heavy atom. The molecule has 3 aromatic rings. The van der Waals surface area contributed by atoms with Crippen LogP contribution in [0.3, 0.4) is 0 Å². The molecular weight excluding hydrogens is 316 g/mol. The maximum Gasteiger partial charge on any atom is 0.238 e. The molecule has 0 fully saturated rings. The smallest absolute Gasteiger partial charge is 0.238 e. The molecular formula is C20H20N2O3. The van der Waals surface area contributed by atoms with Gasteiger partial charge in [0.25, 0.3) is 0 Å². The lowest BCUT2D eigenvalue weighted by Crippen LogP contribution is -2.31. The second-order valence-corrected chi connectivity index (χ2v) is 5.52. The third-order valence-corrected chi connectivity index (χ3v) is 3.78. The maximum atomic E-state index is 12.3. The van der Waals surface area contributed by atoms with Crippen molar-refractivity contribution in [2.24, 2.45) is 0 Å². The van der Waals surface area contributed by atoms with E-state index in [1.165, 1.54) is 0 Å². The zero-order valence-electron chi connectivity index (χ0n) is 13.9. The van der Waals surface area contributed by atoms with E-state index in [1.54, 1.807) is 19.4 Å². The SMILES string of the molecule is COc1cccc(NC(=O)CN[C@@H](c2ccccc2)c2ccco2)c1. The minimum absolute atomic E-state index is 0.138. The van der Waals surface area contributed by atoms with Crippen molar-refractivity contribution in [1.82, 2.24) is 5.32 Å². The zero-order chi connectivity index (χ0) is 17.5. The molecule has 1 atom stereocenters. The lowest BCUT2D eigenvalue weighted by molar-refractivity contribution is -0.115. The van der Waals surface area contributed by atoms with Gasteiger partial charge in [0.2, 0.25) is 5.91 Å². The number of hydrogen-bond acceptors (Lipinski definition) is 4. The highest BCUT2D eigenvalue weighted by Gasteiger charge is 2.17. The molecule has 5 nitrogen and oxygen atoms in total. The van der Waals surface area contributed by atoms with Gasteiger partial charge in [0.1, 0.15) is 11.5 Å². The summed E-state index contributed by atoms with van der Waals surface area (Å²) >= 11 is 0. The molecule has 0 aliphatic rings. The molecule has 0 aliphatic heterocycles. The highest BCUT2D eigenvalue weighted by molar-refractivity contribution is 5.92. The Balaban J connectivity index is 1.66. The predicted octanol–water partition coefficient (Wildman–Crippen LogP) is 3.61. The van der Waals surface area contributed by atoms with E-state index in [1.807, 2.05) is 60.7 Å². The van der Waals surface area contributed by atoms with Crippen LogP contribution in [0.4, 0.5) is 5.69 Å². The van der Waals surface area contributed by atoms with Crippen molar-refractivity contribution in [2.45, 2.75) is 6.04 Å². The van der Waals surface area contributed by atoms with Crippen molar-refractivity contribution in [2.75, 3.05) is 19.0 Å². The topological polar surface area (TPSA) is 63.5 Å². The van der Waals surface area contributed by atoms with Crippen LogP contribution in [0.2, 0.25) is 0 Å². The average molecular weight is 336 g/mol. The first-order chi connectivity index (χ1) is 12.3. The summed E-state index contributed by atoms with van der Waals surface area (Å²) in [7, 11) is 1.59. The number of carbonyl (C=O) groups excluding carboxylic acids is 1. The molecule has 2 aromatic carbocycles. The Bertz CT molecular complexity index is 801. The summed E-state index contributed by atoms with van der Waals surface area (Å²) in [5.74, 6) is 1.32. The van der Waals surface area contributed by atoms with E-state index in [0.29, 0.717) is 11.4 Å². The molecule has 5 heteroatoms. The second kappa shape index (κ2) is 8.17. The second-order valence-electron chi connectivity index (χ2n) is 5.52. The van der Waals surface area contributed by atoms with Gasteiger partial charge in [-0.3, -0.25) is 10.1 Å². The predicted molar refractivity (Wildman–Crippen MR) is 96.6 cm³/mol. The monoisotopic (exact) mass is 336 g/mol. The fraction of sp³-hybridized carbons (Fsp3) is 0.150. The van der Waals surface area contributed by atoms with Gasteiger partial charge < -0.3 is 14.5 Å². The van der Waals surface area contributed by atoms with Gasteiger partial charge in [0.05, 0.1) is 26.0 Å². The van der Waals surface area contributed by atoms with Gasteiger partial charge in [-0.2, -0.15) is 0 Å². The van der Waals surface area contributed by atoms with Crippen LogP contribution in [0.5, 0.6) is 5.75 Å².